The van der Waals surface area contributed by atoms with E-state index in [0.29, 0.717) is 25.0 Å². The van der Waals surface area contributed by atoms with Gasteiger partial charge < -0.3 is 4.74 Å². The number of carbonyl (C=O) groups excluding carboxylic acids is 1. The monoisotopic (exact) mass is 314 g/mol. The molecule has 1 aromatic carbocycles. The summed E-state index contributed by atoms with van der Waals surface area (Å²) in [5, 5.41) is -0.492. The van der Waals surface area contributed by atoms with Gasteiger partial charge in [0.25, 0.3) is 0 Å². The molecule has 2 rings (SSSR count). The Balaban J connectivity index is 1.66. The summed E-state index contributed by atoms with van der Waals surface area (Å²) < 4.78 is 28.2. The van der Waals surface area contributed by atoms with E-state index in [1.165, 1.54) is 0 Å². The molecule has 1 aliphatic heterocycles. The van der Waals surface area contributed by atoms with Crippen LogP contribution in [0, 0.1) is 0 Å². The molecule has 0 aromatic heterocycles. The lowest BCUT2D eigenvalue weighted by Gasteiger charge is -2.10. The van der Waals surface area contributed by atoms with E-state index in [2.05, 4.69) is 0 Å². The van der Waals surface area contributed by atoms with Gasteiger partial charge in [-0.2, -0.15) is 0 Å². The molecule has 0 saturated carbocycles. The van der Waals surface area contributed by atoms with E-state index in [1.54, 1.807) is 11.8 Å². The molecule has 0 bridgehead atoms. The first-order valence-electron chi connectivity index (χ1n) is 6.63. The fourth-order valence-corrected chi connectivity index (χ4v) is 4.63. The standard InChI is InChI=1S/C14H18O4S2/c15-14(8-9-19-12-5-2-1-3-6-12)18-11-13-7-4-10-20(13,16)17/h1-3,5-6,13H,4,7-11H2. The first-order chi connectivity index (χ1) is 9.58. The van der Waals surface area contributed by atoms with E-state index >= 15 is 0 Å². The predicted molar refractivity (Wildman–Crippen MR) is 79.6 cm³/mol. The molecule has 1 saturated heterocycles. The van der Waals surface area contributed by atoms with Crippen LogP contribution < -0.4 is 0 Å². The van der Waals surface area contributed by atoms with Gasteiger partial charge in [0.05, 0.1) is 17.4 Å². The van der Waals surface area contributed by atoms with Crippen LogP contribution in [0.25, 0.3) is 0 Å². The number of benzene rings is 1. The normalized spacial score (nSPS) is 20.7. The van der Waals surface area contributed by atoms with Gasteiger partial charge in [-0.1, -0.05) is 18.2 Å². The number of esters is 1. The number of thioether (sulfide) groups is 1. The minimum atomic E-state index is -3.03. The van der Waals surface area contributed by atoms with Crippen LogP contribution in [0.2, 0.25) is 0 Å². The average molecular weight is 314 g/mol. The topological polar surface area (TPSA) is 60.4 Å². The highest BCUT2D eigenvalue weighted by atomic mass is 32.2. The summed E-state index contributed by atoms with van der Waals surface area (Å²) in [4.78, 5) is 12.7. The lowest BCUT2D eigenvalue weighted by molar-refractivity contribution is -0.143. The molecule has 0 radical (unpaired) electrons. The largest absolute Gasteiger partial charge is 0.464 e. The highest BCUT2D eigenvalue weighted by molar-refractivity contribution is 7.99. The third-order valence-electron chi connectivity index (χ3n) is 3.21. The molecule has 1 atom stereocenters. The van der Waals surface area contributed by atoms with E-state index in [1.807, 2.05) is 30.3 Å². The van der Waals surface area contributed by atoms with Gasteiger partial charge in [-0.25, -0.2) is 8.42 Å². The molecule has 1 fully saturated rings. The maximum absolute atomic E-state index is 11.6. The van der Waals surface area contributed by atoms with Crippen LogP contribution in [0.1, 0.15) is 19.3 Å². The third kappa shape index (κ3) is 4.52. The summed E-state index contributed by atoms with van der Waals surface area (Å²) >= 11 is 1.59. The zero-order chi connectivity index (χ0) is 14.4. The molecule has 110 valence electrons. The SMILES string of the molecule is O=C(CCSc1ccccc1)OCC1CCCS1(=O)=O. The minimum absolute atomic E-state index is 0.0111. The van der Waals surface area contributed by atoms with Crippen LogP contribution in [0.5, 0.6) is 0 Å². The van der Waals surface area contributed by atoms with Crippen LogP contribution in [-0.2, 0) is 19.4 Å². The highest BCUT2D eigenvalue weighted by Gasteiger charge is 2.32. The van der Waals surface area contributed by atoms with Crippen molar-refractivity contribution in [2.45, 2.75) is 29.4 Å². The number of hydrogen-bond acceptors (Lipinski definition) is 5. The molecular weight excluding hydrogens is 296 g/mol. The van der Waals surface area contributed by atoms with E-state index in [9.17, 15) is 13.2 Å². The molecule has 1 unspecified atom stereocenters. The molecular formula is C14H18O4S2. The van der Waals surface area contributed by atoms with Crippen molar-refractivity contribution in [1.29, 1.82) is 0 Å². The Morgan fingerprint density at radius 3 is 2.70 bits per heavy atom. The third-order valence-corrected chi connectivity index (χ3v) is 6.47. The van der Waals surface area contributed by atoms with Crippen LogP contribution >= 0.6 is 11.8 Å². The summed E-state index contributed by atoms with van der Waals surface area (Å²) in [6.07, 6.45) is 1.58. The fraction of sp³-hybridized carbons (Fsp3) is 0.500. The average Bonchev–Trinajstić information content (AvgIpc) is 2.76. The van der Waals surface area contributed by atoms with Gasteiger partial charge in [-0.05, 0) is 25.0 Å². The Hall–Kier alpha value is -1.01. The van der Waals surface area contributed by atoms with E-state index in [4.69, 9.17) is 4.74 Å². The van der Waals surface area contributed by atoms with Crippen molar-refractivity contribution in [3.8, 4) is 0 Å². The molecule has 0 amide bonds. The molecule has 0 N–H and O–H groups in total. The molecule has 1 aliphatic rings. The first-order valence-corrected chi connectivity index (χ1v) is 9.33. The first kappa shape index (κ1) is 15.4. The Morgan fingerprint density at radius 1 is 1.30 bits per heavy atom. The molecule has 1 heterocycles. The van der Waals surface area contributed by atoms with Crippen LogP contribution in [0.15, 0.2) is 35.2 Å². The lowest BCUT2D eigenvalue weighted by Crippen LogP contribution is -2.24. The minimum Gasteiger partial charge on any atom is -0.464 e. The number of sulfone groups is 1. The highest BCUT2D eigenvalue weighted by Crippen LogP contribution is 2.21. The number of ether oxygens (including phenoxy) is 1. The smallest absolute Gasteiger partial charge is 0.306 e. The van der Waals surface area contributed by atoms with Gasteiger partial charge in [-0.3, -0.25) is 4.79 Å². The van der Waals surface area contributed by atoms with Crippen LogP contribution in [0.4, 0.5) is 0 Å². The molecule has 20 heavy (non-hydrogen) atoms. The van der Waals surface area contributed by atoms with Gasteiger partial charge in [0, 0.05) is 10.6 Å². The Kier molecular flexibility index (Phi) is 5.48. The van der Waals surface area contributed by atoms with E-state index < -0.39 is 15.1 Å². The van der Waals surface area contributed by atoms with Gasteiger partial charge in [0.2, 0.25) is 0 Å². The number of carbonyl (C=O) groups is 1. The Bertz CT molecular complexity index is 540. The van der Waals surface area contributed by atoms with Gasteiger partial charge >= 0.3 is 5.97 Å². The summed E-state index contributed by atoms with van der Waals surface area (Å²) in [5.74, 6) is 0.537. The lowest BCUT2D eigenvalue weighted by atomic mass is 10.3. The summed E-state index contributed by atoms with van der Waals surface area (Å²) in [7, 11) is -3.03. The second-order valence-electron chi connectivity index (χ2n) is 4.73. The Morgan fingerprint density at radius 2 is 2.05 bits per heavy atom. The summed E-state index contributed by atoms with van der Waals surface area (Å²) in [6.45, 7) is 0.0111. The second-order valence-corrected chi connectivity index (χ2v) is 8.29. The maximum Gasteiger partial charge on any atom is 0.306 e. The predicted octanol–water partition coefficient (Wildman–Crippen LogP) is 2.29. The maximum atomic E-state index is 11.6. The van der Waals surface area contributed by atoms with Crippen molar-refractivity contribution < 1.29 is 17.9 Å². The number of rotatable bonds is 6. The molecule has 0 aliphatic carbocycles. The van der Waals surface area contributed by atoms with E-state index in [-0.39, 0.29) is 18.3 Å². The molecule has 0 spiro atoms. The van der Waals surface area contributed by atoms with Crippen molar-refractivity contribution >= 4 is 27.6 Å². The van der Waals surface area contributed by atoms with Gasteiger partial charge in [0.15, 0.2) is 9.84 Å². The van der Waals surface area contributed by atoms with Gasteiger partial charge in [-0.15, -0.1) is 11.8 Å². The fourth-order valence-electron chi connectivity index (χ4n) is 2.07. The van der Waals surface area contributed by atoms with Crippen LogP contribution in [-0.4, -0.2) is 37.7 Å². The van der Waals surface area contributed by atoms with Crippen LogP contribution in [0.3, 0.4) is 0 Å². The second kappa shape index (κ2) is 7.13. The van der Waals surface area contributed by atoms with E-state index in [0.717, 1.165) is 4.90 Å². The molecule has 6 heteroatoms. The van der Waals surface area contributed by atoms with Crippen molar-refractivity contribution in [2.75, 3.05) is 18.1 Å². The summed E-state index contributed by atoms with van der Waals surface area (Å²) in [5.41, 5.74) is 0. The quantitative estimate of drug-likeness (QED) is 0.595. The summed E-state index contributed by atoms with van der Waals surface area (Å²) in [6, 6.07) is 9.82. The zero-order valence-corrected chi connectivity index (χ0v) is 12.8. The van der Waals surface area contributed by atoms with Gasteiger partial charge in [0.1, 0.15) is 6.61 Å². The van der Waals surface area contributed by atoms with Crippen molar-refractivity contribution in [3.05, 3.63) is 30.3 Å². The Labute approximate surface area is 123 Å². The van der Waals surface area contributed by atoms with Crippen molar-refractivity contribution in [2.24, 2.45) is 0 Å². The van der Waals surface area contributed by atoms with Crippen molar-refractivity contribution in [3.63, 3.8) is 0 Å². The zero-order valence-electron chi connectivity index (χ0n) is 11.2. The van der Waals surface area contributed by atoms with Crippen molar-refractivity contribution in [1.82, 2.24) is 0 Å². The molecule has 4 nitrogen and oxygen atoms in total. The number of hydrogen-bond donors (Lipinski definition) is 0. The molecule has 1 aromatic rings.